The number of carbonyl (C=O) groups excluding carboxylic acids is 1. The van der Waals surface area contributed by atoms with E-state index in [1.165, 1.54) is 11.9 Å². The second kappa shape index (κ2) is 6.21. The average Bonchev–Trinajstić information content (AvgIpc) is 2.47. The molecule has 1 atom stereocenters. The van der Waals surface area contributed by atoms with Gasteiger partial charge in [-0.1, -0.05) is 19.1 Å². The van der Waals surface area contributed by atoms with Gasteiger partial charge in [0.25, 0.3) is 0 Å². The Morgan fingerprint density at radius 3 is 2.81 bits per heavy atom. The first-order chi connectivity index (χ1) is 10.0. The number of hydrogen-bond acceptors (Lipinski definition) is 3. The van der Waals surface area contributed by atoms with Crippen molar-refractivity contribution in [2.45, 2.75) is 19.4 Å². The van der Waals surface area contributed by atoms with E-state index in [0.717, 1.165) is 10.8 Å². The highest BCUT2D eigenvalue weighted by Gasteiger charge is 2.24. The predicted octanol–water partition coefficient (Wildman–Crippen LogP) is 2.56. The number of likely N-dealkylation sites (N-methyl/N-ethyl adjacent to an activating group) is 1. The van der Waals surface area contributed by atoms with Gasteiger partial charge in [0.15, 0.2) is 0 Å². The summed E-state index contributed by atoms with van der Waals surface area (Å²) in [6, 6.07) is 5.99. The molecule has 2 N–H and O–H groups in total. The molecule has 1 aromatic heterocycles. The number of anilines is 1. The number of urea groups is 1. The zero-order valence-electron chi connectivity index (χ0n) is 11.9. The molecule has 0 saturated carbocycles. The zero-order chi connectivity index (χ0) is 15.4. The van der Waals surface area contributed by atoms with Crippen molar-refractivity contribution < 1.29 is 14.7 Å². The van der Waals surface area contributed by atoms with Crippen LogP contribution in [0.2, 0.25) is 0 Å². The molecule has 0 radical (unpaired) electrons. The van der Waals surface area contributed by atoms with Crippen LogP contribution in [0.5, 0.6) is 0 Å². The number of fused-ring (bicyclic) bond motifs is 1. The lowest BCUT2D eigenvalue weighted by molar-refractivity contribution is -0.141. The molecule has 2 rings (SSSR count). The van der Waals surface area contributed by atoms with Crippen LogP contribution in [-0.4, -0.2) is 40.1 Å². The number of carbonyl (C=O) groups is 2. The second-order valence-corrected chi connectivity index (χ2v) is 4.71. The number of amides is 2. The number of nitrogens with one attached hydrogen (secondary N) is 1. The maximum Gasteiger partial charge on any atom is 0.326 e. The van der Waals surface area contributed by atoms with Gasteiger partial charge in [-0.3, -0.25) is 4.98 Å². The van der Waals surface area contributed by atoms with Gasteiger partial charge in [-0.2, -0.15) is 0 Å². The molecule has 2 aromatic rings. The van der Waals surface area contributed by atoms with E-state index in [1.807, 2.05) is 12.1 Å². The molecule has 21 heavy (non-hydrogen) atoms. The first-order valence-corrected chi connectivity index (χ1v) is 6.64. The quantitative estimate of drug-likeness (QED) is 0.905. The number of pyridine rings is 1. The Hall–Kier alpha value is -2.63. The SMILES string of the molecule is CCC(C(=O)O)N(C)C(=O)Nc1cccc2cnccc12. The molecule has 1 unspecified atom stereocenters. The van der Waals surface area contributed by atoms with Gasteiger partial charge < -0.3 is 15.3 Å². The normalized spacial score (nSPS) is 11.9. The van der Waals surface area contributed by atoms with Crippen LogP contribution in [0.4, 0.5) is 10.5 Å². The molecular formula is C15H17N3O3. The molecule has 1 heterocycles. The Morgan fingerprint density at radius 2 is 2.14 bits per heavy atom. The molecule has 0 aliphatic heterocycles. The van der Waals surface area contributed by atoms with E-state index in [0.29, 0.717) is 12.1 Å². The van der Waals surface area contributed by atoms with Gasteiger partial charge in [-0.25, -0.2) is 9.59 Å². The van der Waals surface area contributed by atoms with Crippen LogP contribution >= 0.6 is 0 Å². The summed E-state index contributed by atoms with van der Waals surface area (Å²) in [5, 5.41) is 13.6. The van der Waals surface area contributed by atoms with Gasteiger partial charge >= 0.3 is 12.0 Å². The minimum Gasteiger partial charge on any atom is -0.480 e. The largest absolute Gasteiger partial charge is 0.480 e. The third kappa shape index (κ3) is 3.10. The summed E-state index contributed by atoms with van der Waals surface area (Å²) in [4.78, 5) is 28.5. The molecule has 0 spiro atoms. The summed E-state index contributed by atoms with van der Waals surface area (Å²) in [5.41, 5.74) is 0.631. The van der Waals surface area contributed by atoms with Crippen molar-refractivity contribution >= 4 is 28.5 Å². The summed E-state index contributed by atoms with van der Waals surface area (Å²) < 4.78 is 0. The fourth-order valence-electron chi connectivity index (χ4n) is 2.19. The third-order valence-corrected chi connectivity index (χ3v) is 3.38. The van der Waals surface area contributed by atoms with Crippen LogP contribution < -0.4 is 5.32 Å². The van der Waals surface area contributed by atoms with E-state index in [-0.39, 0.29) is 0 Å². The Bertz CT molecular complexity index is 667. The number of aromatic nitrogens is 1. The van der Waals surface area contributed by atoms with Crippen LogP contribution in [0, 0.1) is 0 Å². The van der Waals surface area contributed by atoms with Crippen molar-refractivity contribution in [3.63, 3.8) is 0 Å². The summed E-state index contributed by atoms with van der Waals surface area (Å²) in [7, 11) is 1.48. The number of benzene rings is 1. The topological polar surface area (TPSA) is 82.5 Å². The van der Waals surface area contributed by atoms with Crippen LogP contribution in [0.25, 0.3) is 10.8 Å². The van der Waals surface area contributed by atoms with E-state index in [4.69, 9.17) is 5.11 Å². The number of rotatable bonds is 4. The van der Waals surface area contributed by atoms with Gasteiger partial charge in [0.2, 0.25) is 0 Å². The maximum absolute atomic E-state index is 12.2. The highest BCUT2D eigenvalue weighted by Crippen LogP contribution is 2.22. The van der Waals surface area contributed by atoms with Crippen molar-refractivity contribution in [2.75, 3.05) is 12.4 Å². The van der Waals surface area contributed by atoms with Crippen LogP contribution in [0.3, 0.4) is 0 Å². The van der Waals surface area contributed by atoms with Gasteiger partial charge in [0.1, 0.15) is 6.04 Å². The monoisotopic (exact) mass is 287 g/mol. The minimum absolute atomic E-state index is 0.346. The van der Waals surface area contributed by atoms with E-state index < -0.39 is 18.0 Å². The Kier molecular flexibility index (Phi) is 4.37. The molecule has 0 saturated heterocycles. The van der Waals surface area contributed by atoms with Crippen molar-refractivity contribution in [1.29, 1.82) is 0 Å². The molecule has 6 nitrogen and oxygen atoms in total. The molecule has 2 amide bonds. The number of aliphatic carboxylic acids is 1. The summed E-state index contributed by atoms with van der Waals surface area (Å²) in [6.45, 7) is 1.73. The first kappa shape index (κ1) is 14.8. The molecule has 6 heteroatoms. The van der Waals surface area contributed by atoms with Crippen LogP contribution in [-0.2, 0) is 4.79 Å². The van der Waals surface area contributed by atoms with E-state index >= 15 is 0 Å². The smallest absolute Gasteiger partial charge is 0.326 e. The first-order valence-electron chi connectivity index (χ1n) is 6.64. The summed E-state index contributed by atoms with van der Waals surface area (Å²) in [6.07, 6.45) is 3.70. The highest BCUT2D eigenvalue weighted by atomic mass is 16.4. The number of hydrogen-bond donors (Lipinski definition) is 2. The van der Waals surface area contributed by atoms with Crippen molar-refractivity contribution in [3.05, 3.63) is 36.7 Å². The van der Waals surface area contributed by atoms with E-state index in [9.17, 15) is 9.59 Å². The second-order valence-electron chi connectivity index (χ2n) is 4.71. The average molecular weight is 287 g/mol. The Labute approximate surface area is 122 Å². The molecule has 0 fully saturated rings. The standard InChI is InChI=1S/C15H17N3O3/c1-3-13(14(19)20)18(2)15(21)17-12-6-4-5-10-9-16-8-7-11(10)12/h4-9,13H,3H2,1-2H3,(H,17,21)(H,19,20). The predicted molar refractivity (Wildman–Crippen MR) is 80.2 cm³/mol. The van der Waals surface area contributed by atoms with Crippen LogP contribution in [0.1, 0.15) is 13.3 Å². The lowest BCUT2D eigenvalue weighted by Gasteiger charge is -2.24. The van der Waals surface area contributed by atoms with Crippen molar-refractivity contribution in [2.24, 2.45) is 0 Å². The zero-order valence-corrected chi connectivity index (χ0v) is 11.9. The minimum atomic E-state index is -1.02. The van der Waals surface area contributed by atoms with Crippen molar-refractivity contribution in [1.82, 2.24) is 9.88 Å². The lowest BCUT2D eigenvalue weighted by atomic mass is 10.1. The Morgan fingerprint density at radius 1 is 1.38 bits per heavy atom. The van der Waals surface area contributed by atoms with Gasteiger partial charge in [0, 0.05) is 30.2 Å². The lowest BCUT2D eigenvalue weighted by Crippen LogP contribution is -2.44. The maximum atomic E-state index is 12.2. The number of carboxylic acids is 1. The van der Waals surface area contributed by atoms with E-state index in [1.54, 1.807) is 31.5 Å². The molecule has 0 bridgehead atoms. The highest BCUT2D eigenvalue weighted by molar-refractivity contribution is 6.01. The van der Waals surface area contributed by atoms with Crippen LogP contribution in [0.15, 0.2) is 36.7 Å². The summed E-state index contributed by atoms with van der Waals surface area (Å²) in [5.74, 6) is -1.02. The molecular weight excluding hydrogens is 270 g/mol. The summed E-state index contributed by atoms with van der Waals surface area (Å²) >= 11 is 0. The van der Waals surface area contributed by atoms with Crippen molar-refractivity contribution in [3.8, 4) is 0 Å². The molecule has 0 aliphatic rings. The molecule has 110 valence electrons. The fraction of sp³-hybridized carbons (Fsp3) is 0.267. The number of carboxylic acid groups (broad SMARTS) is 1. The van der Waals surface area contributed by atoms with E-state index in [2.05, 4.69) is 10.3 Å². The van der Waals surface area contributed by atoms with Gasteiger partial charge in [-0.15, -0.1) is 0 Å². The van der Waals surface area contributed by atoms with Gasteiger partial charge in [0.05, 0.1) is 5.69 Å². The van der Waals surface area contributed by atoms with Gasteiger partial charge in [-0.05, 0) is 18.6 Å². The fourth-order valence-corrected chi connectivity index (χ4v) is 2.19. The third-order valence-electron chi connectivity index (χ3n) is 3.38. The molecule has 1 aromatic carbocycles. The molecule has 0 aliphatic carbocycles. The Balaban J connectivity index is 2.24. The number of nitrogens with zero attached hydrogens (tertiary/aromatic N) is 2.